The minimum absolute atomic E-state index is 0.193. The van der Waals surface area contributed by atoms with E-state index < -0.39 is 11.2 Å². The third kappa shape index (κ3) is 6.23. The number of nitrogens with one attached hydrogen (secondary N) is 2. The number of rotatable bonds is 10. The molecule has 0 saturated carbocycles. The minimum Gasteiger partial charge on any atom is -0.497 e. The zero-order valence-electron chi connectivity index (χ0n) is 20.1. The highest BCUT2D eigenvalue weighted by atomic mass is 32.2. The lowest BCUT2D eigenvalue weighted by atomic mass is 10.1. The maximum Gasteiger partial charge on any atom is 0.341 e. The summed E-state index contributed by atoms with van der Waals surface area (Å²) in [5.41, 5.74) is 2.32. The van der Waals surface area contributed by atoms with E-state index in [0.29, 0.717) is 20.0 Å². The van der Waals surface area contributed by atoms with E-state index in [0.717, 1.165) is 41.0 Å². The second-order valence-electron chi connectivity index (χ2n) is 7.98. The average molecular weight is 547 g/mol. The lowest BCUT2D eigenvalue weighted by Crippen LogP contribution is -2.23. The molecule has 0 aliphatic heterocycles. The quantitative estimate of drug-likeness (QED) is 0.216. The minimum atomic E-state index is -0.493. The van der Waals surface area contributed by atoms with Crippen LogP contribution in [0.1, 0.15) is 46.6 Å². The van der Waals surface area contributed by atoms with Gasteiger partial charge in [0.1, 0.15) is 10.8 Å². The molecular formula is C24H26N4O5S3. The smallest absolute Gasteiger partial charge is 0.341 e. The number of fused-ring (bicyclic) bond motifs is 1. The summed E-state index contributed by atoms with van der Waals surface area (Å²) in [4.78, 5) is 38.9. The Hall–Kier alpha value is -2.96. The largest absolute Gasteiger partial charge is 0.497 e. The lowest BCUT2D eigenvalue weighted by molar-refractivity contribution is -0.116. The number of thioether (sulfide) groups is 1. The van der Waals surface area contributed by atoms with E-state index in [1.54, 1.807) is 33.1 Å². The molecule has 1 aliphatic carbocycles. The van der Waals surface area contributed by atoms with E-state index in [4.69, 9.17) is 9.47 Å². The predicted molar refractivity (Wildman–Crippen MR) is 141 cm³/mol. The summed E-state index contributed by atoms with van der Waals surface area (Å²) >= 11 is 3.89. The van der Waals surface area contributed by atoms with Crippen molar-refractivity contribution in [2.45, 2.75) is 49.1 Å². The molecule has 1 atom stereocenters. The van der Waals surface area contributed by atoms with Gasteiger partial charge in [-0.15, -0.1) is 21.5 Å². The number of aromatic nitrogens is 2. The Kier molecular flexibility index (Phi) is 8.60. The van der Waals surface area contributed by atoms with Crippen molar-refractivity contribution in [3.8, 4) is 5.75 Å². The van der Waals surface area contributed by atoms with Gasteiger partial charge >= 0.3 is 5.97 Å². The summed E-state index contributed by atoms with van der Waals surface area (Å²) in [5.74, 6) is -0.128. The van der Waals surface area contributed by atoms with Crippen LogP contribution in [-0.4, -0.2) is 46.9 Å². The second-order valence-corrected chi connectivity index (χ2v) is 11.6. The van der Waals surface area contributed by atoms with Gasteiger partial charge in [0.15, 0.2) is 4.34 Å². The van der Waals surface area contributed by atoms with Crippen molar-refractivity contribution in [3.63, 3.8) is 0 Å². The van der Waals surface area contributed by atoms with Crippen LogP contribution < -0.4 is 15.4 Å². The van der Waals surface area contributed by atoms with Gasteiger partial charge in [0.25, 0.3) is 0 Å². The lowest BCUT2D eigenvalue weighted by Gasteiger charge is -2.11. The first-order chi connectivity index (χ1) is 17.4. The molecule has 2 amide bonds. The fourth-order valence-corrected chi connectivity index (χ4v) is 6.92. The first-order valence-corrected chi connectivity index (χ1v) is 13.9. The molecule has 0 spiro atoms. The summed E-state index contributed by atoms with van der Waals surface area (Å²) < 4.78 is 10.9. The Balaban J connectivity index is 1.33. The Morgan fingerprint density at radius 1 is 1.11 bits per heavy atom. The molecule has 9 nitrogen and oxygen atoms in total. The number of hydrogen-bond acceptors (Lipinski definition) is 10. The molecule has 3 aromatic rings. The monoisotopic (exact) mass is 546 g/mol. The van der Waals surface area contributed by atoms with E-state index in [1.807, 2.05) is 12.1 Å². The van der Waals surface area contributed by atoms with Crippen LogP contribution >= 0.6 is 34.4 Å². The normalized spacial score (nSPS) is 13.1. The Labute approximate surface area is 221 Å². The van der Waals surface area contributed by atoms with Gasteiger partial charge in [0.2, 0.25) is 16.9 Å². The van der Waals surface area contributed by atoms with Gasteiger partial charge in [-0.25, -0.2) is 4.79 Å². The molecule has 4 rings (SSSR count). The molecule has 190 valence electrons. The number of thiophene rings is 1. The summed E-state index contributed by atoms with van der Waals surface area (Å²) in [5, 5.41) is 14.2. The van der Waals surface area contributed by atoms with Crippen LogP contribution in [0, 0.1) is 0 Å². The highest BCUT2D eigenvalue weighted by molar-refractivity contribution is 8.02. The van der Waals surface area contributed by atoms with Gasteiger partial charge < -0.3 is 20.1 Å². The highest BCUT2D eigenvalue weighted by Crippen LogP contribution is 2.40. The molecule has 2 heterocycles. The van der Waals surface area contributed by atoms with Crippen LogP contribution in [0.25, 0.3) is 0 Å². The van der Waals surface area contributed by atoms with Crippen molar-refractivity contribution < 1.29 is 23.9 Å². The summed E-state index contributed by atoms with van der Waals surface area (Å²) in [6.45, 7) is 3.80. The molecule has 2 aromatic heterocycles. The average Bonchev–Trinajstić information content (AvgIpc) is 3.56. The Morgan fingerprint density at radius 3 is 2.61 bits per heavy atom. The number of esters is 1. The number of nitrogens with zero attached hydrogens (tertiary/aromatic N) is 2. The van der Waals surface area contributed by atoms with Gasteiger partial charge in [-0.2, -0.15) is 0 Å². The fourth-order valence-electron chi connectivity index (χ4n) is 3.73. The fraction of sp³-hybridized carbons (Fsp3) is 0.375. The molecular weight excluding hydrogens is 520 g/mol. The Morgan fingerprint density at radius 2 is 1.89 bits per heavy atom. The van der Waals surface area contributed by atoms with Crippen LogP contribution in [-0.2, 0) is 33.6 Å². The number of hydrogen-bond donors (Lipinski definition) is 2. The van der Waals surface area contributed by atoms with Gasteiger partial charge in [0, 0.05) is 4.88 Å². The van der Waals surface area contributed by atoms with Crippen LogP contribution in [0.5, 0.6) is 5.75 Å². The van der Waals surface area contributed by atoms with Gasteiger partial charge in [0.05, 0.1) is 31.0 Å². The standard InChI is InChI=1S/C24H26N4O5S3/c1-4-33-22(31)19-16-6-5-7-17(16)35-21(19)26-20(30)13(2)34-24-28-27-23(36-24)25-18(29)12-14-8-10-15(32-3)11-9-14/h8-11,13H,4-7,12H2,1-3H3,(H,26,30)(H,25,27,29). The zero-order chi connectivity index (χ0) is 25.7. The van der Waals surface area contributed by atoms with Crippen molar-refractivity contribution in [1.82, 2.24) is 10.2 Å². The van der Waals surface area contributed by atoms with E-state index in [-0.39, 0.29) is 24.8 Å². The first-order valence-electron chi connectivity index (χ1n) is 11.4. The molecule has 1 aromatic carbocycles. The second kappa shape index (κ2) is 11.8. The molecule has 36 heavy (non-hydrogen) atoms. The molecule has 1 aliphatic rings. The number of methoxy groups -OCH3 is 1. The highest BCUT2D eigenvalue weighted by Gasteiger charge is 2.29. The molecule has 0 bridgehead atoms. The molecule has 2 N–H and O–H groups in total. The van der Waals surface area contributed by atoms with Crippen LogP contribution in [0.2, 0.25) is 0 Å². The number of amides is 2. The summed E-state index contributed by atoms with van der Waals surface area (Å²) in [6.07, 6.45) is 2.92. The maximum atomic E-state index is 12.9. The number of carbonyl (C=O) groups is 3. The molecule has 12 heteroatoms. The number of ether oxygens (including phenoxy) is 2. The van der Waals surface area contributed by atoms with E-state index in [2.05, 4.69) is 20.8 Å². The third-order valence-electron chi connectivity index (χ3n) is 5.46. The van der Waals surface area contributed by atoms with Crippen LogP contribution in [0.4, 0.5) is 10.1 Å². The Bertz CT molecular complexity index is 1260. The topological polar surface area (TPSA) is 120 Å². The van der Waals surface area contributed by atoms with Crippen LogP contribution in [0.3, 0.4) is 0 Å². The summed E-state index contributed by atoms with van der Waals surface area (Å²) in [6, 6.07) is 7.26. The maximum absolute atomic E-state index is 12.9. The van der Waals surface area contributed by atoms with Crippen molar-refractivity contribution >= 4 is 62.4 Å². The van der Waals surface area contributed by atoms with E-state index >= 15 is 0 Å². The third-order valence-corrected chi connectivity index (χ3v) is 8.69. The molecule has 1 unspecified atom stereocenters. The van der Waals surface area contributed by atoms with Gasteiger partial charge in [-0.3, -0.25) is 9.59 Å². The zero-order valence-corrected chi connectivity index (χ0v) is 22.5. The van der Waals surface area contributed by atoms with Gasteiger partial charge in [-0.05, 0) is 56.4 Å². The van der Waals surface area contributed by atoms with E-state index in [9.17, 15) is 14.4 Å². The molecule has 0 fully saturated rings. The number of aryl methyl sites for hydroxylation is 1. The van der Waals surface area contributed by atoms with Crippen molar-refractivity contribution in [2.24, 2.45) is 0 Å². The molecule has 0 saturated heterocycles. The number of benzene rings is 1. The first kappa shape index (κ1) is 26.1. The van der Waals surface area contributed by atoms with Crippen molar-refractivity contribution in [3.05, 3.63) is 45.8 Å². The van der Waals surface area contributed by atoms with Crippen molar-refractivity contribution in [1.29, 1.82) is 0 Å². The number of anilines is 2. The number of carbonyl (C=O) groups excluding carboxylic acids is 3. The van der Waals surface area contributed by atoms with Crippen LogP contribution in [0.15, 0.2) is 28.6 Å². The molecule has 0 radical (unpaired) electrons. The van der Waals surface area contributed by atoms with Crippen molar-refractivity contribution in [2.75, 3.05) is 24.4 Å². The summed E-state index contributed by atoms with van der Waals surface area (Å²) in [7, 11) is 1.59. The SMILES string of the molecule is CCOC(=O)c1c(NC(=O)C(C)Sc2nnc(NC(=O)Cc3ccc(OC)cc3)s2)sc2c1CCC2. The predicted octanol–water partition coefficient (Wildman–Crippen LogP) is 4.57. The van der Waals surface area contributed by atoms with Gasteiger partial charge in [-0.1, -0.05) is 35.2 Å². The van der Waals surface area contributed by atoms with E-state index in [1.165, 1.54) is 34.4 Å².